The highest BCUT2D eigenvalue weighted by molar-refractivity contribution is 9.10. The molecule has 1 N–H and O–H groups in total. The molecule has 0 bridgehead atoms. The monoisotopic (exact) mass is 299 g/mol. The smallest absolute Gasteiger partial charge is 0.124 e. The summed E-state index contributed by atoms with van der Waals surface area (Å²) in [5.41, 5.74) is 1.17. The van der Waals surface area contributed by atoms with Gasteiger partial charge in [0.2, 0.25) is 0 Å². The van der Waals surface area contributed by atoms with E-state index in [4.69, 9.17) is 0 Å². The third-order valence-electron chi connectivity index (χ3n) is 3.73. The van der Waals surface area contributed by atoms with Crippen LogP contribution in [0.4, 0.5) is 4.39 Å². The van der Waals surface area contributed by atoms with Crippen molar-refractivity contribution in [3.63, 3.8) is 0 Å². The second-order valence-corrected chi connectivity index (χ2v) is 5.75. The van der Waals surface area contributed by atoms with Crippen molar-refractivity contribution in [3.8, 4) is 0 Å². The number of halogens is 2. The van der Waals surface area contributed by atoms with E-state index in [-0.39, 0.29) is 5.82 Å². The van der Waals surface area contributed by atoms with E-state index in [1.807, 2.05) is 13.1 Å². The van der Waals surface area contributed by atoms with Crippen molar-refractivity contribution in [2.24, 2.45) is 5.92 Å². The average molecular weight is 300 g/mol. The molecule has 1 aliphatic carbocycles. The summed E-state index contributed by atoms with van der Waals surface area (Å²) in [6.45, 7) is 0. The van der Waals surface area contributed by atoms with Crippen molar-refractivity contribution in [3.05, 3.63) is 34.1 Å². The lowest BCUT2D eigenvalue weighted by atomic mass is 9.94. The molecular formula is C14H19BrFN. The van der Waals surface area contributed by atoms with Crippen LogP contribution < -0.4 is 5.32 Å². The Morgan fingerprint density at radius 2 is 2.12 bits per heavy atom. The van der Waals surface area contributed by atoms with Crippen molar-refractivity contribution in [2.75, 3.05) is 7.05 Å². The van der Waals surface area contributed by atoms with Gasteiger partial charge in [0.15, 0.2) is 0 Å². The summed E-state index contributed by atoms with van der Waals surface area (Å²) in [5.74, 6) is 0.640. The summed E-state index contributed by atoms with van der Waals surface area (Å²) >= 11 is 3.46. The molecule has 94 valence electrons. The third-order valence-corrected chi connectivity index (χ3v) is 4.42. The minimum absolute atomic E-state index is 0.184. The molecule has 0 radical (unpaired) electrons. The lowest BCUT2D eigenvalue weighted by molar-refractivity contribution is 0.412. The van der Waals surface area contributed by atoms with Crippen molar-refractivity contribution < 1.29 is 4.39 Å². The largest absolute Gasteiger partial charge is 0.313 e. The molecule has 1 aromatic rings. The first-order valence-electron chi connectivity index (χ1n) is 6.33. The molecule has 1 aromatic carbocycles. The van der Waals surface area contributed by atoms with Crippen LogP contribution in [0.3, 0.4) is 0 Å². The van der Waals surface area contributed by atoms with Crippen molar-refractivity contribution in [1.29, 1.82) is 0 Å². The van der Waals surface area contributed by atoms with E-state index in [1.165, 1.54) is 31.2 Å². The number of hydrogen-bond donors (Lipinski definition) is 1. The van der Waals surface area contributed by atoms with Crippen LogP contribution in [0.2, 0.25) is 0 Å². The molecule has 1 atom stereocenters. The molecule has 17 heavy (non-hydrogen) atoms. The molecule has 0 heterocycles. The number of nitrogens with one attached hydrogen (secondary N) is 1. The molecule has 1 aliphatic rings. The minimum atomic E-state index is -0.184. The van der Waals surface area contributed by atoms with Crippen LogP contribution in [0.15, 0.2) is 22.7 Å². The maximum atomic E-state index is 13.1. The normalized spacial score (nSPS) is 18.5. The quantitative estimate of drug-likeness (QED) is 0.867. The average Bonchev–Trinajstić information content (AvgIpc) is 2.79. The molecule has 1 fully saturated rings. The number of hydrogen-bond acceptors (Lipinski definition) is 1. The molecule has 0 aliphatic heterocycles. The minimum Gasteiger partial charge on any atom is -0.313 e. The molecule has 3 heteroatoms. The summed E-state index contributed by atoms with van der Waals surface area (Å²) < 4.78 is 13.9. The molecule has 1 unspecified atom stereocenters. The fourth-order valence-corrected chi connectivity index (χ4v) is 3.39. The van der Waals surface area contributed by atoms with Crippen molar-refractivity contribution in [1.82, 2.24) is 5.32 Å². The fourth-order valence-electron chi connectivity index (χ4n) is 2.76. The molecule has 1 nitrogen and oxygen atoms in total. The Kier molecular flexibility index (Phi) is 4.57. The van der Waals surface area contributed by atoms with Gasteiger partial charge in [-0.15, -0.1) is 0 Å². The Morgan fingerprint density at radius 1 is 1.41 bits per heavy atom. The predicted octanol–water partition coefficient (Wildman–Crippen LogP) is 4.43. The molecule has 0 saturated heterocycles. The van der Waals surface area contributed by atoms with Crippen LogP contribution in [0.25, 0.3) is 0 Å². The van der Waals surface area contributed by atoms with Crippen molar-refractivity contribution >= 4 is 15.9 Å². The first-order chi connectivity index (χ1) is 8.20. The van der Waals surface area contributed by atoms with Gasteiger partial charge in [-0.2, -0.15) is 0 Å². The van der Waals surface area contributed by atoms with E-state index >= 15 is 0 Å². The highest BCUT2D eigenvalue weighted by Gasteiger charge is 2.21. The van der Waals surface area contributed by atoms with Crippen LogP contribution in [0.1, 0.15) is 43.7 Å². The number of rotatable bonds is 4. The maximum Gasteiger partial charge on any atom is 0.124 e. The Morgan fingerprint density at radius 3 is 2.71 bits per heavy atom. The zero-order chi connectivity index (χ0) is 12.3. The second-order valence-electron chi connectivity index (χ2n) is 4.89. The molecule has 0 spiro atoms. The third kappa shape index (κ3) is 3.29. The fraction of sp³-hybridized carbons (Fsp3) is 0.571. The van der Waals surface area contributed by atoms with Gasteiger partial charge in [0, 0.05) is 10.5 Å². The van der Waals surface area contributed by atoms with E-state index in [1.54, 1.807) is 12.1 Å². The van der Waals surface area contributed by atoms with E-state index in [0.717, 1.165) is 16.8 Å². The summed E-state index contributed by atoms with van der Waals surface area (Å²) in [6.07, 6.45) is 6.58. The van der Waals surface area contributed by atoms with E-state index < -0.39 is 0 Å². The Balaban J connectivity index is 2.10. The summed E-state index contributed by atoms with van der Waals surface area (Å²) in [5, 5.41) is 3.35. The molecule has 2 rings (SSSR count). The Bertz CT molecular complexity index is 374. The molecular weight excluding hydrogens is 281 g/mol. The van der Waals surface area contributed by atoms with Crippen LogP contribution in [-0.2, 0) is 0 Å². The zero-order valence-electron chi connectivity index (χ0n) is 10.2. The lowest BCUT2D eigenvalue weighted by Crippen LogP contribution is -2.19. The van der Waals surface area contributed by atoms with Gasteiger partial charge in [0.05, 0.1) is 0 Å². The van der Waals surface area contributed by atoms with E-state index in [2.05, 4.69) is 21.2 Å². The highest BCUT2D eigenvalue weighted by Crippen LogP contribution is 2.35. The Hall–Kier alpha value is -0.410. The van der Waals surface area contributed by atoms with Crippen LogP contribution in [0, 0.1) is 11.7 Å². The summed E-state index contributed by atoms with van der Waals surface area (Å²) in [7, 11) is 1.98. The van der Waals surface area contributed by atoms with Gasteiger partial charge in [-0.05, 0) is 37.1 Å². The van der Waals surface area contributed by atoms with Crippen LogP contribution in [-0.4, -0.2) is 7.05 Å². The summed E-state index contributed by atoms with van der Waals surface area (Å²) in [4.78, 5) is 0. The zero-order valence-corrected chi connectivity index (χ0v) is 11.8. The SMILES string of the molecule is CNC(CC1CCCC1)c1ccc(F)cc1Br. The molecule has 0 amide bonds. The number of benzene rings is 1. The summed E-state index contributed by atoms with van der Waals surface area (Å²) in [6, 6.07) is 5.30. The highest BCUT2D eigenvalue weighted by atomic mass is 79.9. The van der Waals surface area contributed by atoms with Gasteiger partial charge in [0.25, 0.3) is 0 Å². The van der Waals surface area contributed by atoms with Crippen LogP contribution >= 0.6 is 15.9 Å². The van der Waals surface area contributed by atoms with E-state index in [0.29, 0.717) is 6.04 Å². The van der Waals surface area contributed by atoms with Gasteiger partial charge >= 0.3 is 0 Å². The predicted molar refractivity (Wildman–Crippen MR) is 72.5 cm³/mol. The van der Waals surface area contributed by atoms with Gasteiger partial charge in [0.1, 0.15) is 5.82 Å². The topological polar surface area (TPSA) is 12.0 Å². The molecule has 0 aromatic heterocycles. The second kappa shape index (κ2) is 5.96. The standard InChI is InChI=1S/C14H19BrFN/c1-17-14(8-10-4-2-3-5-10)12-7-6-11(16)9-13(12)15/h6-7,9-10,14,17H,2-5,8H2,1H3. The van der Waals surface area contributed by atoms with Gasteiger partial charge in [-0.3, -0.25) is 0 Å². The van der Waals surface area contributed by atoms with Crippen LogP contribution in [0.5, 0.6) is 0 Å². The van der Waals surface area contributed by atoms with E-state index in [9.17, 15) is 4.39 Å². The van der Waals surface area contributed by atoms with Gasteiger partial charge in [-0.25, -0.2) is 4.39 Å². The van der Waals surface area contributed by atoms with Gasteiger partial charge in [-0.1, -0.05) is 47.7 Å². The maximum absolute atomic E-state index is 13.1. The van der Waals surface area contributed by atoms with Crippen molar-refractivity contribution in [2.45, 2.75) is 38.1 Å². The molecule has 1 saturated carbocycles. The van der Waals surface area contributed by atoms with Gasteiger partial charge < -0.3 is 5.32 Å². The Labute approximate surface area is 111 Å². The lowest BCUT2D eigenvalue weighted by Gasteiger charge is -2.21. The first kappa shape index (κ1) is 13.0. The first-order valence-corrected chi connectivity index (χ1v) is 7.12.